The van der Waals surface area contributed by atoms with Gasteiger partial charge in [0.05, 0.1) is 19.3 Å². The van der Waals surface area contributed by atoms with E-state index < -0.39 is 10.0 Å². The molecule has 1 aliphatic rings. The summed E-state index contributed by atoms with van der Waals surface area (Å²) in [5, 5.41) is 3.78. The molecule has 0 fully saturated rings. The number of nitrogens with one attached hydrogen (secondary N) is 2. The first-order valence-electron chi connectivity index (χ1n) is 9.29. The molecule has 154 valence electrons. The number of rotatable bonds is 5. The van der Waals surface area contributed by atoms with Gasteiger partial charge in [0.2, 0.25) is 5.96 Å². The number of fused-ring (bicyclic) bond motifs is 1. The van der Waals surface area contributed by atoms with Crippen LogP contribution in [0.3, 0.4) is 0 Å². The van der Waals surface area contributed by atoms with Crippen molar-refractivity contribution in [2.75, 3.05) is 12.4 Å². The number of nitrogens with zero attached hydrogens (tertiary/aromatic N) is 1. The van der Waals surface area contributed by atoms with E-state index >= 15 is 0 Å². The predicted molar refractivity (Wildman–Crippen MR) is 119 cm³/mol. The maximum absolute atomic E-state index is 12.8. The fraction of sp³-hybridized carbons (Fsp3) is 0.136. The fourth-order valence-electron chi connectivity index (χ4n) is 3.33. The summed E-state index contributed by atoms with van der Waals surface area (Å²) >= 11 is 6.30. The summed E-state index contributed by atoms with van der Waals surface area (Å²) in [5.41, 5.74) is 3.09. The molecule has 8 heteroatoms. The van der Waals surface area contributed by atoms with Crippen molar-refractivity contribution < 1.29 is 13.2 Å². The SMILES string of the molecule is COc1ccccc1CN=C1Nc2c(Cc3ccccc3Cl)cccc2S(=O)(=O)N1. The van der Waals surface area contributed by atoms with Crippen LogP contribution in [0.2, 0.25) is 5.02 Å². The standard InChI is InChI=1S/C22H20ClN3O3S/c1-29-19-11-5-3-8-17(19)14-24-22-25-21-16(13-15-7-2-4-10-18(15)23)9-6-12-20(21)30(27,28)26-22/h2-12H,13-14H2,1H3,(H2,24,25,26). The molecule has 1 heterocycles. The van der Waals surface area contributed by atoms with E-state index in [9.17, 15) is 8.42 Å². The van der Waals surface area contributed by atoms with Gasteiger partial charge in [0.25, 0.3) is 10.0 Å². The minimum Gasteiger partial charge on any atom is -0.496 e. The summed E-state index contributed by atoms with van der Waals surface area (Å²) < 4.78 is 33.5. The third-order valence-electron chi connectivity index (χ3n) is 4.82. The zero-order valence-corrected chi connectivity index (χ0v) is 17.8. The van der Waals surface area contributed by atoms with E-state index in [1.165, 1.54) is 0 Å². The molecule has 0 bridgehead atoms. The molecular weight excluding hydrogens is 422 g/mol. The number of aliphatic imine (C=N–C) groups is 1. The predicted octanol–water partition coefficient (Wildman–Crippen LogP) is 4.20. The summed E-state index contributed by atoms with van der Waals surface area (Å²) in [5.74, 6) is 0.861. The molecule has 4 rings (SSSR count). The lowest BCUT2D eigenvalue weighted by atomic mass is 10.0. The largest absolute Gasteiger partial charge is 0.496 e. The number of halogens is 1. The smallest absolute Gasteiger partial charge is 0.266 e. The first-order chi connectivity index (χ1) is 14.5. The van der Waals surface area contributed by atoms with Gasteiger partial charge in [0.1, 0.15) is 10.6 Å². The van der Waals surface area contributed by atoms with Crippen LogP contribution in [0.5, 0.6) is 5.75 Å². The third-order valence-corrected chi connectivity index (χ3v) is 6.57. The van der Waals surface area contributed by atoms with Crippen molar-refractivity contribution in [2.24, 2.45) is 4.99 Å². The molecule has 0 spiro atoms. The number of hydrogen-bond acceptors (Lipinski definition) is 4. The Labute approximate surface area is 180 Å². The summed E-state index contributed by atoms with van der Waals surface area (Å²) in [7, 11) is -2.16. The Balaban J connectivity index is 1.68. The highest BCUT2D eigenvalue weighted by Gasteiger charge is 2.28. The molecule has 0 aliphatic carbocycles. The minimum absolute atomic E-state index is 0.167. The van der Waals surface area contributed by atoms with Crippen LogP contribution in [0.4, 0.5) is 5.69 Å². The van der Waals surface area contributed by atoms with E-state index in [-0.39, 0.29) is 17.4 Å². The average molecular weight is 442 g/mol. The third kappa shape index (κ3) is 4.13. The van der Waals surface area contributed by atoms with Crippen LogP contribution in [-0.4, -0.2) is 21.5 Å². The summed E-state index contributed by atoms with van der Waals surface area (Å²) in [4.78, 5) is 4.62. The molecule has 6 nitrogen and oxygen atoms in total. The molecule has 3 aromatic rings. The van der Waals surface area contributed by atoms with Crippen LogP contribution >= 0.6 is 11.6 Å². The summed E-state index contributed by atoms with van der Waals surface area (Å²) in [6.07, 6.45) is 0.491. The Kier molecular flexibility index (Phi) is 5.65. The number of sulfonamides is 1. The van der Waals surface area contributed by atoms with Gasteiger partial charge in [-0.15, -0.1) is 0 Å². The topological polar surface area (TPSA) is 79.8 Å². The second kappa shape index (κ2) is 8.38. The number of methoxy groups -OCH3 is 1. The number of hydrogen-bond donors (Lipinski definition) is 2. The molecule has 1 aliphatic heterocycles. The highest BCUT2D eigenvalue weighted by molar-refractivity contribution is 7.90. The molecule has 0 amide bonds. The van der Waals surface area contributed by atoms with Crippen LogP contribution in [0, 0.1) is 0 Å². The monoisotopic (exact) mass is 441 g/mol. The van der Waals surface area contributed by atoms with E-state index in [0.29, 0.717) is 22.9 Å². The zero-order chi connectivity index (χ0) is 21.1. The Hall–Kier alpha value is -3.03. The van der Waals surface area contributed by atoms with Gasteiger partial charge in [0.15, 0.2) is 0 Å². The second-order valence-electron chi connectivity index (χ2n) is 6.77. The Morgan fingerprint density at radius 3 is 2.40 bits per heavy atom. The highest BCUT2D eigenvalue weighted by Crippen LogP contribution is 2.31. The molecule has 0 aromatic heterocycles. The van der Waals surface area contributed by atoms with Crippen molar-refractivity contribution in [3.05, 3.63) is 88.4 Å². The van der Waals surface area contributed by atoms with Crippen LogP contribution in [0.25, 0.3) is 0 Å². The number of anilines is 1. The van der Waals surface area contributed by atoms with Crippen LogP contribution in [0.15, 0.2) is 76.6 Å². The van der Waals surface area contributed by atoms with E-state index in [1.807, 2.05) is 54.6 Å². The number of guanidine groups is 1. The van der Waals surface area contributed by atoms with E-state index in [1.54, 1.807) is 19.2 Å². The quantitative estimate of drug-likeness (QED) is 0.621. The van der Waals surface area contributed by atoms with Crippen molar-refractivity contribution in [2.45, 2.75) is 17.9 Å². The second-order valence-corrected chi connectivity index (χ2v) is 8.82. The van der Waals surface area contributed by atoms with Gasteiger partial charge in [-0.3, -0.25) is 0 Å². The van der Waals surface area contributed by atoms with Crippen molar-refractivity contribution >= 4 is 33.3 Å². The first kappa shape index (κ1) is 20.3. The molecule has 0 radical (unpaired) electrons. The van der Waals surface area contributed by atoms with Gasteiger partial charge in [0, 0.05) is 17.0 Å². The van der Waals surface area contributed by atoms with Crippen molar-refractivity contribution in [3.8, 4) is 5.75 Å². The zero-order valence-electron chi connectivity index (χ0n) is 16.2. The maximum Gasteiger partial charge on any atom is 0.266 e. The first-order valence-corrected chi connectivity index (χ1v) is 11.2. The lowest BCUT2D eigenvalue weighted by molar-refractivity contribution is 0.410. The normalized spacial score (nSPS) is 15.7. The van der Waals surface area contributed by atoms with Gasteiger partial charge >= 0.3 is 0 Å². The lowest BCUT2D eigenvalue weighted by Gasteiger charge is -2.24. The number of para-hydroxylation sites is 2. The van der Waals surface area contributed by atoms with Gasteiger partial charge in [-0.25, -0.2) is 18.1 Å². The van der Waals surface area contributed by atoms with Gasteiger partial charge < -0.3 is 10.1 Å². The van der Waals surface area contributed by atoms with Gasteiger partial charge in [-0.1, -0.05) is 60.1 Å². The van der Waals surface area contributed by atoms with Crippen LogP contribution in [-0.2, 0) is 23.0 Å². The highest BCUT2D eigenvalue weighted by atomic mass is 35.5. The van der Waals surface area contributed by atoms with Crippen molar-refractivity contribution in [3.63, 3.8) is 0 Å². The van der Waals surface area contributed by atoms with Crippen molar-refractivity contribution in [1.82, 2.24) is 4.72 Å². The lowest BCUT2D eigenvalue weighted by Crippen LogP contribution is -2.41. The minimum atomic E-state index is -3.74. The maximum atomic E-state index is 12.8. The van der Waals surface area contributed by atoms with Crippen molar-refractivity contribution in [1.29, 1.82) is 0 Å². The Bertz CT molecular complexity index is 1230. The number of ether oxygens (including phenoxy) is 1. The van der Waals surface area contributed by atoms with Crippen LogP contribution in [0.1, 0.15) is 16.7 Å². The molecule has 30 heavy (non-hydrogen) atoms. The summed E-state index contributed by atoms with van der Waals surface area (Å²) in [6.45, 7) is 0.261. The molecule has 0 saturated carbocycles. The van der Waals surface area contributed by atoms with Gasteiger partial charge in [-0.2, -0.15) is 0 Å². The Morgan fingerprint density at radius 2 is 1.63 bits per heavy atom. The fourth-order valence-corrected chi connectivity index (χ4v) is 4.72. The Morgan fingerprint density at radius 1 is 0.933 bits per heavy atom. The average Bonchev–Trinajstić information content (AvgIpc) is 2.74. The van der Waals surface area contributed by atoms with Crippen LogP contribution < -0.4 is 14.8 Å². The molecule has 0 saturated heterocycles. The summed E-state index contributed by atoms with van der Waals surface area (Å²) in [6, 6.07) is 20.2. The van der Waals surface area contributed by atoms with E-state index in [4.69, 9.17) is 16.3 Å². The van der Waals surface area contributed by atoms with E-state index in [2.05, 4.69) is 15.0 Å². The van der Waals surface area contributed by atoms with E-state index in [0.717, 1.165) is 16.7 Å². The number of benzene rings is 3. The molecule has 2 N–H and O–H groups in total. The molecule has 3 aromatic carbocycles. The molecule has 0 atom stereocenters. The molecular formula is C22H20ClN3O3S. The van der Waals surface area contributed by atoms with Gasteiger partial charge in [-0.05, 0) is 29.3 Å². The molecule has 0 unspecified atom stereocenters.